The molecule has 20 heavy (non-hydrogen) atoms. The second-order valence-electron chi connectivity index (χ2n) is 4.53. The normalized spacial score (nSPS) is 12.2. The molecular weight excluding hydrogens is 262 g/mol. The largest absolute Gasteiger partial charge is 0.494 e. The van der Waals surface area contributed by atoms with E-state index >= 15 is 0 Å². The van der Waals surface area contributed by atoms with E-state index in [2.05, 4.69) is 5.43 Å². The quantitative estimate of drug-likeness (QED) is 0.668. The monoisotopic (exact) mass is 278 g/mol. The molecule has 5 heteroatoms. The number of nitrogens with two attached hydrogens (primary N) is 1. The Hall–Kier alpha value is -1.98. The van der Waals surface area contributed by atoms with Gasteiger partial charge in [0.15, 0.2) is 11.6 Å². The number of hydrogen-bond acceptors (Lipinski definition) is 3. The van der Waals surface area contributed by atoms with Crippen LogP contribution in [0.15, 0.2) is 36.4 Å². The zero-order valence-corrected chi connectivity index (χ0v) is 11.3. The van der Waals surface area contributed by atoms with Gasteiger partial charge in [-0.05, 0) is 36.2 Å². The average molecular weight is 278 g/mol. The van der Waals surface area contributed by atoms with Gasteiger partial charge in [-0.25, -0.2) is 14.2 Å². The molecule has 3 N–H and O–H groups in total. The Morgan fingerprint density at radius 2 is 1.95 bits per heavy atom. The number of hydrogen-bond donors (Lipinski definition) is 2. The van der Waals surface area contributed by atoms with E-state index in [1.807, 2.05) is 0 Å². The van der Waals surface area contributed by atoms with Gasteiger partial charge in [0.2, 0.25) is 0 Å². The Balaban J connectivity index is 2.52. The number of rotatable bonds is 4. The fraction of sp³-hybridized carbons (Fsp3) is 0.200. The van der Waals surface area contributed by atoms with Crippen LogP contribution in [0.3, 0.4) is 0 Å². The zero-order chi connectivity index (χ0) is 14.7. The minimum atomic E-state index is -0.653. The number of methoxy groups -OCH3 is 1. The highest BCUT2D eigenvalue weighted by atomic mass is 19.1. The summed E-state index contributed by atoms with van der Waals surface area (Å²) in [4.78, 5) is 0. The molecule has 1 atom stereocenters. The summed E-state index contributed by atoms with van der Waals surface area (Å²) >= 11 is 0. The maximum Gasteiger partial charge on any atom is 0.170 e. The first-order chi connectivity index (χ1) is 9.56. The van der Waals surface area contributed by atoms with Gasteiger partial charge < -0.3 is 4.74 Å². The first kappa shape index (κ1) is 14.4. The molecule has 0 heterocycles. The lowest BCUT2D eigenvalue weighted by Crippen LogP contribution is -2.29. The van der Waals surface area contributed by atoms with E-state index in [9.17, 15) is 8.78 Å². The van der Waals surface area contributed by atoms with Crippen molar-refractivity contribution in [2.75, 3.05) is 7.11 Å². The summed E-state index contributed by atoms with van der Waals surface area (Å²) in [5, 5.41) is 0. The van der Waals surface area contributed by atoms with Gasteiger partial charge in [-0.3, -0.25) is 5.84 Å². The molecule has 2 rings (SSSR count). The fourth-order valence-corrected chi connectivity index (χ4v) is 2.21. The molecule has 2 aromatic carbocycles. The SMILES string of the molecule is COc1cccc(C(NN)c2cc(C)cc(F)c2)c1F. The first-order valence-corrected chi connectivity index (χ1v) is 6.12. The minimum Gasteiger partial charge on any atom is -0.494 e. The van der Waals surface area contributed by atoms with E-state index in [1.165, 1.54) is 25.3 Å². The lowest BCUT2D eigenvalue weighted by Gasteiger charge is -2.19. The van der Waals surface area contributed by atoms with Gasteiger partial charge in [-0.2, -0.15) is 0 Å². The van der Waals surface area contributed by atoms with E-state index in [0.717, 1.165) is 5.56 Å². The first-order valence-electron chi connectivity index (χ1n) is 6.12. The molecule has 2 aromatic rings. The van der Waals surface area contributed by atoms with Crippen LogP contribution in [0.25, 0.3) is 0 Å². The lowest BCUT2D eigenvalue weighted by atomic mass is 9.97. The predicted octanol–water partition coefficient (Wildman–Crippen LogP) is 2.83. The van der Waals surface area contributed by atoms with E-state index in [-0.39, 0.29) is 11.6 Å². The minimum absolute atomic E-state index is 0.121. The summed E-state index contributed by atoms with van der Waals surface area (Å²) in [6.45, 7) is 1.77. The Labute approximate surface area is 116 Å². The van der Waals surface area contributed by atoms with Gasteiger partial charge in [-0.1, -0.05) is 18.2 Å². The number of ether oxygens (including phenoxy) is 1. The van der Waals surface area contributed by atoms with Gasteiger partial charge in [-0.15, -0.1) is 0 Å². The van der Waals surface area contributed by atoms with Crippen molar-refractivity contribution >= 4 is 0 Å². The molecule has 3 nitrogen and oxygen atoms in total. The maximum absolute atomic E-state index is 14.3. The highest BCUT2D eigenvalue weighted by molar-refractivity contribution is 5.39. The molecule has 0 bridgehead atoms. The molecule has 1 unspecified atom stereocenters. The fourth-order valence-electron chi connectivity index (χ4n) is 2.21. The lowest BCUT2D eigenvalue weighted by molar-refractivity contribution is 0.381. The molecule has 0 aromatic heterocycles. The third-order valence-electron chi connectivity index (χ3n) is 3.09. The van der Waals surface area contributed by atoms with E-state index in [1.54, 1.807) is 25.1 Å². The van der Waals surface area contributed by atoms with Crippen LogP contribution in [0.5, 0.6) is 5.75 Å². The number of halogens is 2. The van der Waals surface area contributed by atoms with Crippen LogP contribution in [-0.2, 0) is 0 Å². The molecule has 0 saturated carbocycles. The van der Waals surface area contributed by atoms with E-state index < -0.39 is 11.9 Å². The summed E-state index contributed by atoms with van der Waals surface area (Å²) in [6.07, 6.45) is 0. The van der Waals surface area contributed by atoms with Crippen LogP contribution >= 0.6 is 0 Å². The van der Waals surface area contributed by atoms with Crippen molar-refractivity contribution < 1.29 is 13.5 Å². The molecule has 0 spiro atoms. The van der Waals surface area contributed by atoms with Crippen molar-refractivity contribution in [3.8, 4) is 5.75 Å². The molecule has 0 radical (unpaired) electrons. The van der Waals surface area contributed by atoms with Gasteiger partial charge >= 0.3 is 0 Å². The van der Waals surface area contributed by atoms with Crippen molar-refractivity contribution in [1.29, 1.82) is 0 Å². The van der Waals surface area contributed by atoms with Crippen LogP contribution in [0.4, 0.5) is 8.78 Å². The van der Waals surface area contributed by atoms with Gasteiger partial charge in [0.05, 0.1) is 13.2 Å². The Morgan fingerprint density at radius 3 is 2.55 bits per heavy atom. The van der Waals surface area contributed by atoms with Crippen LogP contribution in [-0.4, -0.2) is 7.11 Å². The molecule has 0 saturated heterocycles. The predicted molar refractivity (Wildman–Crippen MR) is 73.3 cm³/mol. The second-order valence-corrected chi connectivity index (χ2v) is 4.53. The molecule has 0 aliphatic heterocycles. The average Bonchev–Trinajstić information content (AvgIpc) is 2.40. The summed E-state index contributed by atoms with van der Waals surface area (Å²) in [7, 11) is 1.39. The highest BCUT2D eigenvalue weighted by Gasteiger charge is 2.20. The Morgan fingerprint density at radius 1 is 1.20 bits per heavy atom. The van der Waals surface area contributed by atoms with Crippen molar-refractivity contribution in [2.45, 2.75) is 13.0 Å². The van der Waals surface area contributed by atoms with Crippen molar-refractivity contribution in [1.82, 2.24) is 5.43 Å². The van der Waals surface area contributed by atoms with E-state index in [0.29, 0.717) is 11.1 Å². The topological polar surface area (TPSA) is 47.3 Å². The van der Waals surface area contributed by atoms with Crippen LogP contribution in [0, 0.1) is 18.6 Å². The number of benzene rings is 2. The van der Waals surface area contributed by atoms with E-state index in [4.69, 9.17) is 10.6 Å². The molecule has 0 fully saturated rings. The molecule has 106 valence electrons. The van der Waals surface area contributed by atoms with Crippen molar-refractivity contribution in [3.63, 3.8) is 0 Å². The summed E-state index contributed by atoms with van der Waals surface area (Å²) < 4.78 is 32.7. The molecular formula is C15H16F2N2O. The third-order valence-corrected chi connectivity index (χ3v) is 3.09. The van der Waals surface area contributed by atoms with Gasteiger partial charge in [0.1, 0.15) is 5.82 Å². The molecule has 0 aliphatic rings. The van der Waals surface area contributed by atoms with Crippen molar-refractivity contribution in [2.24, 2.45) is 5.84 Å². The summed E-state index contributed by atoms with van der Waals surface area (Å²) in [6, 6.07) is 8.60. The van der Waals surface area contributed by atoms with Crippen LogP contribution in [0.1, 0.15) is 22.7 Å². The number of nitrogens with one attached hydrogen (secondary N) is 1. The van der Waals surface area contributed by atoms with Crippen LogP contribution < -0.4 is 16.0 Å². The smallest absolute Gasteiger partial charge is 0.170 e. The summed E-state index contributed by atoms with van der Waals surface area (Å²) in [5.41, 5.74) is 4.11. The zero-order valence-electron chi connectivity index (χ0n) is 11.3. The third kappa shape index (κ3) is 2.79. The Bertz CT molecular complexity index is 597. The number of aryl methyl sites for hydroxylation is 1. The highest BCUT2D eigenvalue weighted by Crippen LogP contribution is 2.29. The summed E-state index contributed by atoms with van der Waals surface area (Å²) in [5.74, 6) is 4.74. The number of hydrazine groups is 1. The second kappa shape index (κ2) is 5.98. The molecule has 0 aliphatic carbocycles. The van der Waals surface area contributed by atoms with Crippen LogP contribution in [0.2, 0.25) is 0 Å². The van der Waals surface area contributed by atoms with Gasteiger partial charge in [0, 0.05) is 5.56 Å². The van der Waals surface area contributed by atoms with Gasteiger partial charge in [0.25, 0.3) is 0 Å². The van der Waals surface area contributed by atoms with Crippen molar-refractivity contribution in [3.05, 3.63) is 64.7 Å². The standard InChI is InChI=1S/C15H16F2N2O/c1-9-6-10(8-11(16)7-9)15(19-18)12-4-3-5-13(20-2)14(12)17/h3-8,15,19H,18H2,1-2H3. The Kier molecular flexibility index (Phi) is 4.32. The maximum atomic E-state index is 14.3. The molecule has 0 amide bonds.